The molecule has 0 aliphatic carbocycles. The van der Waals surface area contributed by atoms with Crippen LogP contribution in [0.15, 0.2) is 30.3 Å². The molecule has 1 fully saturated rings. The first kappa shape index (κ1) is 16.0. The van der Waals surface area contributed by atoms with E-state index in [2.05, 4.69) is 6.92 Å². The standard InChI is InChI=1S/C15H22N2O.ClH/c1-12-7-6-10-17(11-12)14(18)15(2,16)13-8-4-3-5-9-13;/h3-5,8-9,12H,6-7,10-11,16H2,1-2H3;1H. The van der Waals surface area contributed by atoms with Gasteiger partial charge in [0.25, 0.3) is 0 Å². The Morgan fingerprint density at radius 1 is 1.37 bits per heavy atom. The predicted molar refractivity (Wildman–Crippen MR) is 80.2 cm³/mol. The molecular weight excluding hydrogens is 260 g/mol. The van der Waals surface area contributed by atoms with Gasteiger partial charge >= 0.3 is 0 Å². The largest absolute Gasteiger partial charge is 0.341 e. The lowest BCUT2D eigenvalue weighted by molar-refractivity contribution is -0.138. The van der Waals surface area contributed by atoms with Crippen molar-refractivity contribution in [2.24, 2.45) is 11.7 Å². The maximum atomic E-state index is 12.6. The normalized spacial score (nSPS) is 22.3. The Kier molecular flexibility index (Phi) is 5.39. The molecule has 0 saturated carbocycles. The van der Waals surface area contributed by atoms with E-state index in [0.717, 1.165) is 25.1 Å². The maximum absolute atomic E-state index is 12.6. The third-order valence-corrected chi connectivity index (χ3v) is 3.76. The van der Waals surface area contributed by atoms with Crippen LogP contribution in [0.2, 0.25) is 0 Å². The van der Waals surface area contributed by atoms with Crippen LogP contribution in [0, 0.1) is 5.92 Å². The predicted octanol–water partition coefficient (Wildman–Crippen LogP) is 2.54. The lowest BCUT2D eigenvalue weighted by Crippen LogP contribution is -2.53. The van der Waals surface area contributed by atoms with E-state index in [9.17, 15) is 4.79 Å². The van der Waals surface area contributed by atoms with E-state index >= 15 is 0 Å². The van der Waals surface area contributed by atoms with Crippen molar-refractivity contribution in [3.05, 3.63) is 35.9 Å². The number of benzene rings is 1. The Hall–Kier alpha value is -1.06. The molecule has 0 bridgehead atoms. The summed E-state index contributed by atoms with van der Waals surface area (Å²) in [6.45, 7) is 5.67. The van der Waals surface area contributed by atoms with Crippen molar-refractivity contribution in [1.82, 2.24) is 4.90 Å². The van der Waals surface area contributed by atoms with Crippen LogP contribution < -0.4 is 5.73 Å². The van der Waals surface area contributed by atoms with Crippen LogP contribution in [0.1, 0.15) is 32.3 Å². The number of nitrogens with zero attached hydrogens (tertiary/aromatic N) is 1. The molecule has 1 aromatic carbocycles. The van der Waals surface area contributed by atoms with Crippen molar-refractivity contribution < 1.29 is 4.79 Å². The fourth-order valence-electron chi connectivity index (χ4n) is 2.61. The average Bonchev–Trinajstić information content (AvgIpc) is 2.39. The Morgan fingerprint density at radius 2 is 2.00 bits per heavy atom. The summed E-state index contributed by atoms with van der Waals surface area (Å²) in [4.78, 5) is 14.5. The molecule has 2 N–H and O–H groups in total. The van der Waals surface area contributed by atoms with Gasteiger partial charge in [-0.15, -0.1) is 12.4 Å². The summed E-state index contributed by atoms with van der Waals surface area (Å²) in [5.41, 5.74) is 6.23. The van der Waals surface area contributed by atoms with Gasteiger partial charge < -0.3 is 10.6 Å². The number of amides is 1. The molecule has 106 valence electrons. The molecule has 2 unspecified atom stereocenters. The molecule has 0 aromatic heterocycles. The molecule has 1 aliphatic heterocycles. The number of hydrogen-bond acceptors (Lipinski definition) is 2. The number of hydrogen-bond donors (Lipinski definition) is 1. The van der Waals surface area contributed by atoms with Crippen molar-refractivity contribution in [2.75, 3.05) is 13.1 Å². The van der Waals surface area contributed by atoms with Gasteiger partial charge in [0, 0.05) is 13.1 Å². The van der Waals surface area contributed by atoms with Gasteiger partial charge in [-0.25, -0.2) is 0 Å². The smallest absolute Gasteiger partial charge is 0.246 e. The van der Waals surface area contributed by atoms with E-state index in [0.29, 0.717) is 5.92 Å². The van der Waals surface area contributed by atoms with Gasteiger partial charge in [-0.1, -0.05) is 37.3 Å². The summed E-state index contributed by atoms with van der Waals surface area (Å²) in [5.74, 6) is 0.620. The minimum absolute atomic E-state index is 0. The monoisotopic (exact) mass is 282 g/mol. The Bertz CT molecular complexity index is 419. The molecular formula is C15H23ClN2O. The number of likely N-dealkylation sites (tertiary alicyclic amines) is 1. The van der Waals surface area contributed by atoms with Crippen LogP contribution in [0.5, 0.6) is 0 Å². The van der Waals surface area contributed by atoms with Crippen LogP contribution in [-0.4, -0.2) is 23.9 Å². The van der Waals surface area contributed by atoms with E-state index in [-0.39, 0.29) is 18.3 Å². The van der Waals surface area contributed by atoms with Gasteiger partial charge in [-0.2, -0.15) is 0 Å². The summed E-state index contributed by atoms with van der Waals surface area (Å²) in [7, 11) is 0. The third kappa shape index (κ3) is 3.48. The van der Waals surface area contributed by atoms with Crippen LogP contribution in [-0.2, 0) is 10.3 Å². The average molecular weight is 283 g/mol. The summed E-state index contributed by atoms with van der Waals surface area (Å²) >= 11 is 0. The van der Waals surface area contributed by atoms with Crippen LogP contribution >= 0.6 is 12.4 Å². The van der Waals surface area contributed by atoms with Gasteiger partial charge in [0.15, 0.2) is 0 Å². The van der Waals surface area contributed by atoms with Crippen LogP contribution in [0.3, 0.4) is 0 Å². The Balaban J connectivity index is 0.00000180. The number of carbonyl (C=O) groups is 1. The van der Waals surface area contributed by atoms with Gasteiger partial charge in [0.1, 0.15) is 5.54 Å². The molecule has 1 heterocycles. The van der Waals surface area contributed by atoms with Gasteiger partial charge in [0.2, 0.25) is 5.91 Å². The number of rotatable bonds is 2. The lowest BCUT2D eigenvalue weighted by atomic mass is 9.90. The molecule has 4 heteroatoms. The first-order valence-corrected chi connectivity index (χ1v) is 6.65. The van der Waals surface area contributed by atoms with Crippen molar-refractivity contribution in [3.8, 4) is 0 Å². The van der Waals surface area contributed by atoms with Crippen LogP contribution in [0.4, 0.5) is 0 Å². The van der Waals surface area contributed by atoms with Crippen molar-refractivity contribution in [3.63, 3.8) is 0 Å². The number of halogens is 1. The molecule has 1 aliphatic rings. The highest BCUT2D eigenvalue weighted by Crippen LogP contribution is 2.24. The summed E-state index contributed by atoms with van der Waals surface area (Å²) < 4.78 is 0. The highest BCUT2D eigenvalue weighted by atomic mass is 35.5. The van der Waals surface area contributed by atoms with E-state index in [1.165, 1.54) is 6.42 Å². The molecule has 0 spiro atoms. The third-order valence-electron chi connectivity index (χ3n) is 3.76. The minimum atomic E-state index is -0.918. The summed E-state index contributed by atoms with van der Waals surface area (Å²) in [5, 5.41) is 0. The van der Waals surface area contributed by atoms with Gasteiger partial charge in [-0.05, 0) is 31.2 Å². The highest BCUT2D eigenvalue weighted by molar-refractivity contribution is 5.87. The highest BCUT2D eigenvalue weighted by Gasteiger charge is 2.35. The first-order valence-electron chi connectivity index (χ1n) is 6.65. The SMILES string of the molecule is CC1CCCN(C(=O)C(C)(N)c2ccccc2)C1.Cl. The van der Waals surface area contributed by atoms with E-state index in [1.54, 1.807) is 0 Å². The van der Waals surface area contributed by atoms with Gasteiger partial charge in [-0.3, -0.25) is 4.79 Å². The summed E-state index contributed by atoms with van der Waals surface area (Å²) in [6, 6.07) is 9.63. The molecule has 2 atom stereocenters. The molecule has 19 heavy (non-hydrogen) atoms. The van der Waals surface area contributed by atoms with E-state index < -0.39 is 5.54 Å². The van der Waals surface area contributed by atoms with Gasteiger partial charge in [0.05, 0.1) is 0 Å². The van der Waals surface area contributed by atoms with Crippen molar-refractivity contribution in [2.45, 2.75) is 32.2 Å². The van der Waals surface area contributed by atoms with E-state index in [4.69, 9.17) is 5.73 Å². The lowest BCUT2D eigenvalue weighted by Gasteiger charge is -2.36. The van der Waals surface area contributed by atoms with Crippen molar-refractivity contribution in [1.29, 1.82) is 0 Å². The van der Waals surface area contributed by atoms with Crippen LogP contribution in [0.25, 0.3) is 0 Å². The maximum Gasteiger partial charge on any atom is 0.246 e. The minimum Gasteiger partial charge on any atom is -0.341 e. The fourth-order valence-corrected chi connectivity index (χ4v) is 2.61. The molecule has 2 rings (SSSR count). The second-order valence-corrected chi connectivity index (χ2v) is 5.57. The first-order chi connectivity index (χ1) is 8.51. The molecule has 1 saturated heterocycles. The zero-order valence-corrected chi connectivity index (χ0v) is 12.5. The topological polar surface area (TPSA) is 46.3 Å². The Labute approximate surface area is 121 Å². The zero-order valence-electron chi connectivity index (χ0n) is 11.6. The Morgan fingerprint density at radius 3 is 2.58 bits per heavy atom. The zero-order chi connectivity index (χ0) is 13.2. The van der Waals surface area contributed by atoms with E-state index in [1.807, 2.05) is 42.2 Å². The molecule has 3 nitrogen and oxygen atoms in total. The number of piperidine rings is 1. The molecule has 1 aromatic rings. The number of nitrogens with two attached hydrogens (primary N) is 1. The second kappa shape index (κ2) is 6.40. The number of carbonyl (C=O) groups excluding carboxylic acids is 1. The second-order valence-electron chi connectivity index (χ2n) is 5.57. The quantitative estimate of drug-likeness (QED) is 0.906. The molecule has 1 amide bonds. The van der Waals surface area contributed by atoms with Crippen molar-refractivity contribution >= 4 is 18.3 Å². The molecule has 0 radical (unpaired) electrons. The fraction of sp³-hybridized carbons (Fsp3) is 0.533. The summed E-state index contributed by atoms with van der Waals surface area (Å²) in [6.07, 6.45) is 2.29.